The van der Waals surface area contributed by atoms with Gasteiger partial charge >= 0.3 is 11.1 Å². The quantitative estimate of drug-likeness (QED) is 0.703. The van der Waals surface area contributed by atoms with Crippen molar-refractivity contribution in [1.82, 2.24) is 9.97 Å². The summed E-state index contributed by atoms with van der Waals surface area (Å²) in [6, 6.07) is 5.08. The van der Waals surface area contributed by atoms with Gasteiger partial charge in [0, 0.05) is 6.61 Å². The van der Waals surface area contributed by atoms with Gasteiger partial charge in [-0.05, 0) is 30.0 Å². The largest absolute Gasteiger partial charge is 0.386 e. The maximum absolute atomic E-state index is 11.3. The highest BCUT2D eigenvalue weighted by Crippen LogP contribution is 2.31. The van der Waals surface area contributed by atoms with Gasteiger partial charge in [0.05, 0.1) is 17.1 Å². The molecule has 1 fully saturated rings. The van der Waals surface area contributed by atoms with E-state index in [2.05, 4.69) is 9.97 Å². The van der Waals surface area contributed by atoms with Crippen molar-refractivity contribution >= 4 is 11.0 Å². The highest BCUT2D eigenvalue weighted by molar-refractivity contribution is 5.74. The van der Waals surface area contributed by atoms with Crippen LogP contribution in [0.1, 0.15) is 25.0 Å². The van der Waals surface area contributed by atoms with E-state index in [0.717, 1.165) is 6.42 Å². The molecule has 0 spiro atoms. The fourth-order valence-electron chi connectivity index (χ4n) is 2.63. The molecule has 1 aliphatic heterocycles. The zero-order chi connectivity index (χ0) is 14.3. The molecule has 3 N–H and O–H groups in total. The Hall–Kier alpha value is -1.92. The Labute approximate surface area is 114 Å². The fraction of sp³-hybridized carbons (Fsp3) is 0.429. The number of hydrogen-bond acceptors (Lipinski definition) is 4. The molecule has 0 aliphatic carbocycles. The Balaban J connectivity index is 2.02. The molecule has 1 saturated heterocycles. The van der Waals surface area contributed by atoms with Gasteiger partial charge in [0.15, 0.2) is 0 Å². The van der Waals surface area contributed by atoms with Gasteiger partial charge in [0.25, 0.3) is 0 Å². The summed E-state index contributed by atoms with van der Waals surface area (Å²) in [6.07, 6.45) is -0.0475. The predicted octanol–water partition coefficient (Wildman–Crippen LogP) is 0.675. The van der Waals surface area contributed by atoms with Gasteiger partial charge in [-0.25, -0.2) is 0 Å². The van der Waals surface area contributed by atoms with Gasteiger partial charge in [-0.15, -0.1) is 0 Å². The highest BCUT2D eigenvalue weighted by Gasteiger charge is 2.31. The molecule has 0 saturated carbocycles. The normalized spacial score (nSPS) is 24.1. The predicted molar refractivity (Wildman–Crippen MR) is 73.7 cm³/mol. The number of H-pyrrole nitrogens is 2. The molecule has 0 amide bonds. The van der Waals surface area contributed by atoms with Crippen LogP contribution in [0, 0.1) is 5.92 Å². The molecular formula is C14H16N2O4. The van der Waals surface area contributed by atoms with E-state index < -0.39 is 17.2 Å². The van der Waals surface area contributed by atoms with E-state index in [4.69, 9.17) is 4.74 Å². The second-order valence-corrected chi connectivity index (χ2v) is 5.26. The highest BCUT2D eigenvalue weighted by atomic mass is 16.5. The van der Waals surface area contributed by atoms with E-state index in [0.29, 0.717) is 23.2 Å². The van der Waals surface area contributed by atoms with Gasteiger partial charge in [0.1, 0.15) is 6.10 Å². The summed E-state index contributed by atoms with van der Waals surface area (Å²) in [6.45, 7) is 2.70. The molecule has 0 bridgehead atoms. The van der Waals surface area contributed by atoms with Crippen molar-refractivity contribution in [3.8, 4) is 0 Å². The minimum absolute atomic E-state index is 0.234. The topological polar surface area (TPSA) is 95.2 Å². The van der Waals surface area contributed by atoms with Crippen molar-refractivity contribution in [2.45, 2.75) is 25.6 Å². The minimum Gasteiger partial charge on any atom is -0.386 e. The minimum atomic E-state index is -0.743. The summed E-state index contributed by atoms with van der Waals surface area (Å²) in [5.74, 6) is 0.287. The molecule has 1 aromatic carbocycles. The molecule has 0 radical (unpaired) electrons. The van der Waals surface area contributed by atoms with Crippen LogP contribution in [0.15, 0.2) is 27.8 Å². The molecule has 106 valence electrons. The number of aromatic amines is 2. The zero-order valence-electron chi connectivity index (χ0n) is 11.1. The molecule has 20 heavy (non-hydrogen) atoms. The number of aromatic nitrogens is 2. The second kappa shape index (κ2) is 4.88. The summed E-state index contributed by atoms with van der Waals surface area (Å²) in [7, 11) is 0. The number of hydrogen-bond donors (Lipinski definition) is 3. The van der Waals surface area contributed by atoms with Crippen molar-refractivity contribution in [3.05, 3.63) is 44.5 Å². The van der Waals surface area contributed by atoms with Crippen LogP contribution in [0.3, 0.4) is 0 Å². The third-order valence-electron chi connectivity index (χ3n) is 3.84. The lowest BCUT2D eigenvalue weighted by atomic mass is 9.94. The second-order valence-electron chi connectivity index (χ2n) is 5.26. The third-order valence-corrected chi connectivity index (χ3v) is 3.84. The molecular weight excluding hydrogens is 260 g/mol. The molecule has 6 nitrogen and oxygen atoms in total. The van der Waals surface area contributed by atoms with Crippen molar-refractivity contribution in [2.75, 3.05) is 6.61 Å². The van der Waals surface area contributed by atoms with Crippen LogP contribution >= 0.6 is 0 Å². The van der Waals surface area contributed by atoms with Crippen LogP contribution < -0.4 is 11.1 Å². The molecule has 3 rings (SSSR count). The Morgan fingerprint density at radius 1 is 1.25 bits per heavy atom. The van der Waals surface area contributed by atoms with Crippen LogP contribution in [0.2, 0.25) is 0 Å². The lowest BCUT2D eigenvalue weighted by Gasteiger charge is -2.21. The van der Waals surface area contributed by atoms with Crippen LogP contribution in [0.25, 0.3) is 11.0 Å². The van der Waals surface area contributed by atoms with Crippen LogP contribution in [-0.4, -0.2) is 27.8 Å². The SMILES string of the molecule is CC1CCOC1C(O)c1ccc2[nH]c(=O)c(=O)[nH]c2c1. The van der Waals surface area contributed by atoms with Crippen LogP contribution in [0.5, 0.6) is 0 Å². The van der Waals surface area contributed by atoms with Gasteiger partial charge < -0.3 is 19.8 Å². The van der Waals surface area contributed by atoms with Gasteiger partial charge in [-0.3, -0.25) is 9.59 Å². The first-order chi connectivity index (χ1) is 9.56. The zero-order valence-corrected chi connectivity index (χ0v) is 11.1. The molecule has 3 atom stereocenters. The number of aliphatic hydroxyl groups excluding tert-OH is 1. The van der Waals surface area contributed by atoms with E-state index in [1.54, 1.807) is 18.2 Å². The number of aliphatic hydroxyl groups is 1. The lowest BCUT2D eigenvalue weighted by molar-refractivity contribution is -0.0177. The first-order valence-corrected chi connectivity index (χ1v) is 6.62. The summed E-state index contributed by atoms with van der Waals surface area (Å²) in [5, 5.41) is 10.4. The van der Waals surface area contributed by atoms with E-state index in [9.17, 15) is 14.7 Å². The van der Waals surface area contributed by atoms with Crippen molar-refractivity contribution in [3.63, 3.8) is 0 Å². The van der Waals surface area contributed by atoms with Crippen molar-refractivity contribution < 1.29 is 9.84 Å². The summed E-state index contributed by atoms with van der Waals surface area (Å²) >= 11 is 0. The van der Waals surface area contributed by atoms with E-state index in [1.165, 1.54) is 0 Å². The molecule has 2 aromatic rings. The number of ether oxygens (including phenoxy) is 1. The molecule has 2 heterocycles. The van der Waals surface area contributed by atoms with E-state index in [1.807, 2.05) is 6.92 Å². The fourth-order valence-corrected chi connectivity index (χ4v) is 2.63. The number of rotatable bonds is 2. The average Bonchev–Trinajstić information content (AvgIpc) is 2.85. The Kier molecular flexibility index (Phi) is 3.19. The van der Waals surface area contributed by atoms with E-state index in [-0.39, 0.29) is 12.0 Å². The molecule has 3 unspecified atom stereocenters. The summed E-state index contributed by atoms with van der Waals surface area (Å²) in [4.78, 5) is 27.6. The van der Waals surface area contributed by atoms with Crippen molar-refractivity contribution in [1.29, 1.82) is 0 Å². The Morgan fingerprint density at radius 2 is 1.95 bits per heavy atom. The molecule has 6 heteroatoms. The van der Waals surface area contributed by atoms with E-state index >= 15 is 0 Å². The number of benzene rings is 1. The van der Waals surface area contributed by atoms with Crippen LogP contribution in [-0.2, 0) is 4.74 Å². The van der Waals surface area contributed by atoms with Gasteiger partial charge in [-0.1, -0.05) is 13.0 Å². The third kappa shape index (κ3) is 2.17. The first-order valence-electron chi connectivity index (χ1n) is 6.62. The molecule has 1 aromatic heterocycles. The smallest absolute Gasteiger partial charge is 0.314 e. The lowest BCUT2D eigenvalue weighted by Crippen LogP contribution is -2.29. The maximum Gasteiger partial charge on any atom is 0.314 e. The first kappa shape index (κ1) is 13.1. The number of fused-ring (bicyclic) bond motifs is 1. The monoisotopic (exact) mass is 276 g/mol. The van der Waals surface area contributed by atoms with Crippen molar-refractivity contribution in [2.24, 2.45) is 5.92 Å². The number of nitrogens with one attached hydrogen (secondary N) is 2. The Morgan fingerprint density at radius 3 is 2.60 bits per heavy atom. The summed E-state index contributed by atoms with van der Waals surface area (Å²) < 4.78 is 5.56. The standard InChI is InChI=1S/C14H16N2O4/c1-7-4-5-20-12(7)11(17)8-2-3-9-10(6-8)16-14(19)13(18)15-9/h2-3,6-7,11-12,17H,4-5H2,1H3,(H,15,18)(H,16,19). The van der Waals surface area contributed by atoms with Crippen LogP contribution in [0.4, 0.5) is 0 Å². The Bertz CT molecular complexity index is 749. The average molecular weight is 276 g/mol. The van der Waals surface area contributed by atoms with Gasteiger partial charge in [-0.2, -0.15) is 0 Å². The molecule has 1 aliphatic rings. The maximum atomic E-state index is 11.3. The summed E-state index contributed by atoms with van der Waals surface area (Å²) in [5.41, 5.74) is 0.315. The van der Waals surface area contributed by atoms with Gasteiger partial charge in [0.2, 0.25) is 0 Å².